The van der Waals surface area contributed by atoms with Crippen LogP contribution in [0.3, 0.4) is 0 Å². The zero-order valence-corrected chi connectivity index (χ0v) is 19.6. The zero-order valence-electron chi connectivity index (χ0n) is 18.1. The van der Waals surface area contributed by atoms with Crippen LogP contribution in [-0.2, 0) is 9.59 Å². The lowest BCUT2D eigenvalue weighted by Crippen LogP contribution is -2.51. The van der Waals surface area contributed by atoms with Gasteiger partial charge in [-0.3, -0.25) is 20.2 Å². The smallest absolute Gasteiger partial charge is 0.263 e. The Kier molecular flexibility index (Phi) is 7.62. The van der Waals surface area contributed by atoms with Crippen molar-refractivity contribution in [3.05, 3.63) is 64.2 Å². The van der Waals surface area contributed by atoms with Crippen molar-refractivity contribution in [1.29, 1.82) is 0 Å². The van der Waals surface area contributed by atoms with E-state index in [0.717, 1.165) is 5.75 Å². The van der Waals surface area contributed by atoms with E-state index in [1.807, 2.05) is 12.1 Å². The molecule has 2 aromatic rings. The molecule has 0 unspecified atom stereocenters. The van der Waals surface area contributed by atoms with Crippen LogP contribution in [0.2, 0.25) is 5.02 Å². The SMILES string of the molecule is O=C1NC(=S)NC(=O)C1=Cc1cc(Cl)ccc1OCCOc1ccc(C2CCCCC2)cc1. The molecule has 0 radical (unpaired) electrons. The predicted molar refractivity (Wildman–Crippen MR) is 132 cm³/mol. The minimum atomic E-state index is -0.574. The summed E-state index contributed by atoms with van der Waals surface area (Å²) in [6.45, 7) is 0.626. The third kappa shape index (κ3) is 6.12. The van der Waals surface area contributed by atoms with Gasteiger partial charge in [-0.1, -0.05) is 43.0 Å². The van der Waals surface area contributed by atoms with Gasteiger partial charge in [0.2, 0.25) is 0 Å². The Labute approximate surface area is 203 Å². The van der Waals surface area contributed by atoms with Gasteiger partial charge in [0.25, 0.3) is 11.8 Å². The molecule has 1 saturated carbocycles. The molecule has 1 heterocycles. The lowest BCUT2D eigenvalue weighted by molar-refractivity contribution is -0.123. The van der Waals surface area contributed by atoms with Gasteiger partial charge < -0.3 is 9.47 Å². The summed E-state index contributed by atoms with van der Waals surface area (Å²) in [5.74, 6) is 0.793. The Balaban J connectivity index is 1.35. The number of benzene rings is 2. The molecule has 33 heavy (non-hydrogen) atoms. The molecule has 6 nitrogen and oxygen atoms in total. The Morgan fingerprint density at radius 1 is 0.939 bits per heavy atom. The topological polar surface area (TPSA) is 76.7 Å². The number of carbonyl (C=O) groups is 2. The molecule has 1 aliphatic carbocycles. The molecule has 0 aromatic heterocycles. The van der Waals surface area contributed by atoms with Crippen molar-refractivity contribution in [2.75, 3.05) is 13.2 Å². The Morgan fingerprint density at radius 2 is 1.61 bits per heavy atom. The number of rotatable bonds is 7. The monoisotopic (exact) mass is 484 g/mol. The van der Waals surface area contributed by atoms with Gasteiger partial charge >= 0.3 is 0 Å². The summed E-state index contributed by atoms with van der Waals surface area (Å²) in [5.41, 5.74) is 1.81. The molecular weight excluding hydrogens is 460 g/mol. The summed E-state index contributed by atoms with van der Waals surface area (Å²) < 4.78 is 11.7. The predicted octanol–water partition coefficient (Wildman–Crippen LogP) is 4.76. The Morgan fingerprint density at radius 3 is 2.30 bits per heavy atom. The summed E-state index contributed by atoms with van der Waals surface area (Å²) in [5, 5.41) is 5.25. The number of ether oxygens (including phenoxy) is 2. The van der Waals surface area contributed by atoms with E-state index in [4.69, 9.17) is 33.3 Å². The van der Waals surface area contributed by atoms with Crippen molar-refractivity contribution in [3.63, 3.8) is 0 Å². The molecule has 4 rings (SSSR count). The number of halogens is 1. The second kappa shape index (κ2) is 10.8. The van der Waals surface area contributed by atoms with Gasteiger partial charge in [-0.25, -0.2) is 0 Å². The molecule has 2 aromatic carbocycles. The molecule has 0 spiro atoms. The van der Waals surface area contributed by atoms with Crippen LogP contribution in [0.4, 0.5) is 0 Å². The average Bonchev–Trinajstić information content (AvgIpc) is 2.81. The Bertz CT molecular complexity index is 1060. The van der Waals surface area contributed by atoms with Crippen LogP contribution < -0.4 is 20.1 Å². The molecule has 8 heteroatoms. The van der Waals surface area contributed by atoms with Crippen LogP contribution in [0.5, 0.6) is 11.5 Å². The zero-order chi connectivity index (χ0) is 23.2. The summed E-state index contributed by atoms with van der Waals surface area (Å²) in [4.78, 5) is 24.3. The van der Waals surface area contributed by atoms with E-state index in [-0.39, 0.29) is 17.3 Å². The average molecular weight is 485 g/mol. The lowest BCUT2D eigenvalue weighted by Gasteiger charge is -2.22. The van der Waals surface area contributed by atoms with Crippen LogP contribution in [0.15, 0.2) is 48.0 Å². The van der Waals surface area contributed by atoms with Crippen molar-refractivity contribution < 1.29 is 19.1 Å². The van der Waals surface area contributed by atoms with Gasteiger partial charge in [-0.15, -0.1) is 0 Å². The summed E-state index contributed by atoms with van der Waals surface area (Å²) in [6, 6.07) is 13.3. The molecule has 2 amide bonds. The maximum atomic E-state index is 12.1. The first kappa shape index (κ1) is 23.3. The molecule has 172 valence electrons. The van der Waals surface area contributed by atoms with Crippen molar-refractivity contribution >= 4 is 46.8 Å². The molecule has 1 saturated heterocycles. The van der Waals surface area contributed by atoms with E-state index in [1.54, 1.807) is 18.2 Å². The van der Waals surface area contributed by atoms with E-state index in [0.29, 0.717) is 28.9 Å². The number of amides is 2. The van der Waals surface area contributed by atoms with Gasteiger partial charge in [0.1, 0.15) is 30.3 Å². The lowest BCUT2D eigenvalue weighted by atomic mass is 9.84. The van der Waals surface area contributed by atoms with Crippen LogP contribution in [0, 0.1) is 0 Å². The van der Waals surface area contributed by atoms with Gasteiger partial charge in [0.05, 0.1) is 0 Å². The number of carbonyl (C=O) groups excluding carboxylic acids is 2. The van der Waals surface area contributed by atoms with Gasteiger partial charge in [0.15, 0.2) is 5.11 Å². The fraction of sp³-hybridized carbons (Fsp3) is 0.320. The molecule has 2 N–H and O–H groups in total. The van der Waals surface area contributed by atoms with Crippen molar-refractivity contribution in [3.8, 4) is 11.5 Å². The highest BCUT2D eigenvalue weighted by Crippen LogP contribution is 2.33. The summed E-state index contributed by atoms with van der Waals surface area (Å²) >= 11 is 10.9. The van der Waals surface area contributed by atoms with E-state index in [2.05, 4.69) is 22.8 Å². The highest BCUT2D eigenvalue weighted by Gasteiger charge is 2.26. The third-order valence-electron chi connectivity index (χ3n) is 5.78. The number of thiocarbonyl (C=S) groups is 1. The first-order valence-electron chi connectivity index (χ1n) is 11.0. The normalized spacial score (nSPS) is 16.8. The maximum Gasteiger partial charge on any atom is 0.263 e. The maximum absolute atomic E-state index is 12.1. The van der Waals surface area contributed by atoms with Crippen LogP contribution >= 0.6 is 23.8 Å². The fourth-order valence-corrected chi connectivity index (χ4v) is 4.47. The van der Waals surface area contributed by atoms with Crippen LogP contribution in [0.25, 0.3) is 6.08 Å². The molecule has 0 atom stereocenters. The van der Waals surface area contributed by atoms with Crippen LogP contribution in [0.1, 0.15) is 49.1 Å². The van der Waals surface area contributed by atoms with Gasteiger partial charge in [-0.05, 0) is 72.9 Å². The highest BCUT2D eigenvalue weighted by atomic mass is 35.5. The second-order valence-electron chi connectivity index (χ2n) is 8.08. The largest absolute Gasteiger partial charge is 0.490 e. The quantitative estimate of drug-likeness (QED) is 0.256. The number of hydrogen-bond donors (Lipinski definition) is 2. The minimum Gasteiger partial charge on any atom is -0.490 e. The Hall–Kier alpha value is -2.90. The molecule has 2 fully saturated rings. The third-order valence-corrected chi connectivity index (χ3v) is 6.22. The van der Waals surface area contributed by atoms with Crippen molar-refractivity contribution in [1.82, 2.24) is 10.6 Å². The molecule has 0 bridgehead atoms. The van der Waals surface area contributed by atoms with E-state index in [9.17, 15) is 9.59 Å². The molecule has 1 aliphatic heterocycles. The highest BCUT2D eigenvalue weighted by molar-refractivity contribution is 7.80. The second-order valence-corrected chi connectivity index (χ2v) is 8.92. The standard InChI is InChI=1S/C25H25ClN2O4S/c26-19-8-11-22(18(14-19)15-21-23(29)27-25(33)28-24(21)30)32-13-12-31-20-9-6-17(7-10-20)16-4-2-1-3-5-16/h6-11,14-16H,1-5,12-13H2,(H2,27,28,29,30,33). The van der Waals surface area contributed by atoms with Gasteiger partial charge in [0, 0.05) is 10.6 Å². The first-order valence-corrected chi connectivity index (χ1v) is 11.8. The van der Waals surface area contributed by atoms with Crippen molar-refractivity contribution in [2.24, 2.45) is 0 Å². The first-order chi connectivity index (χ1) is 16.0. The minimum absolute atomic E-state index is 0.0198. The van der Waals surface area contributed by atoms with E-state index in [1.165, 1.54) is 43.7 Å². The summed E-state index contributed by atoms with van der Waals surface area (Å²) in [7, 11) is 0. The molecule has 2 aliphatic rings. The van der Waals surface area contributed by atoms with E-state index < -0.39 is 11.8 Å². The van der Waals surface area contributed by atoms with Crippen molar-refractivity contribution in [2.45, 2.75) is 38.0 Å². The fourth-order valence-electron chi connectivity index (χ4n) is 4.11. The number of hydrogen-bond acceptors (Lipinski definition) is 5. The van der Waals surface area contributed by atoms with Crippen LogP contribution in [-0.4, -0.2) is 30.1 Å². The summed E-state index contributed by atoms with van der Waals surface area (Å²) in [6.07, 6.45) is 7.93. The van der Waals surface area contributed by atoms with E-state index >= 15 is 0 Å². The molecular formula is C25H25ClN2O4S. The van der Waals surface area contributed by atoms with Gasteiger partial charge in [-0.2, -0.15) is 0 Å². The number of nitrogens with one attached hydrogen (secondary N) is 2.